The van der Waals surface area contributed by atoms with Crippen molar-refractivity contribution >= 4 is 32.1 Å². The van der Waals surface area contributed by atoms with Crippen molar-refractivity contribution in [3.05, 3.63) is 11.6 Å². The highest BCUT2D eigenvalue weighted by atomic mass is 32.2. The van der Waals surface area contributed by atoms with Gasteiger partial charge in [-0.2, -0.15) is 0 Å². The van der Waals surface area contributed by atoms with Crippen LogP contribution >= 0.6 is 11.3 Å². The molecule has 2 heterocycles. The van der Waals surface area contributed by atoms with Gasteiger partial charge in [0.15, 0.2) is 15.8 Å². The zero-order chi connectivity index (χ0) is 14.0. The minimum atomic E-state index is -3.58. The molecule has 0 atom stereocenters. The molecule has 0 unspecified atom stereocenters. The number of nitrogens with one attached hydrogen (secondary N) is 2. The molecule has 0 saturated heterocycles. The number of aromatic nitrogens is 2. The number of imidazole rings is 1. The normalized spacial score (nSPS) is 12.4. The third kappa shape index (κ3) is 2.90. The summed E-state index contributed by atoms with van der Waals surface area (Å²) < 4.78 is 29.0. The van der Waals surface area contributed by atoms with Crippen molar-refractivity contribution in [2.45, 2.75) is 38.3 Å². The third-order valence-corrected chi connectivity index (χ3v) is 4.84. The van der Waals surface area contributed by atoms with Crippen LogP contribution in [0.4, 0.5) is 5.82 Å². The number of thiazole rings is 1. The van der Waals surface area contributed by atoms with E-state index in [9.17, 15) is 8.42 Å². The highest BCUT2D eigenvalue weighted by molar-refractivity contribution is 7.89. The van der Waals surface area contributed by atoms with Gasteiger partial charge in [-0.1, -0.05) is 6.92 Å². The highest BCUT2D eigenvalue weighted by Gasteiger charge is 2.26. The fourth-order valence-electron chi connectivity index (χ4n) is 1.75. The molecule has 106 valence electrons. The summed E-state index contributed by atoms with van der Waals surface area (Å²) in [5.74, 6) is 0.418. The first-order chi connectivity index (χ1) is 8.95. The Morgan fingerprint density at radius 3 is 2.84 bits per heavy atom. The number of nitrogens with zero attached hydrogens (tertiary/aromatic N) is 2. The number of anilines is 1. The molecule has 0 radical (unpaired) electrons. The van der Waals surface area contributed by atoms with Crippen LogP contribution in [0.15, 0.2) is 16.6 Å². The molecule has 2 rings (SSSR count). The van der Waals surface area contributed by atoms with E-state index in [1.165, 1.54) is 11.3 Å². The van der Waals surface area contributed by atoms with Crippen molar-refractivity contribution in [2.24, 2.45) is 0 Å². The number of fused-ring (bicyclic) bond motifs is 1. The lowest BCUT2D eigenvalue weighted by Gasteiger charge is -2.10. The summed E-state index contributed by atoms with van der Waals surface area (Å²) in [4.78, 5) is 5.00. The molecule has 8 heteroatoms. The van der Waals surface area contributed by atoms with Gasteiger partial charge in [-0.25, -0.2) is 18.1 Å². The average Bonchev–Trinajstić information content (AvgIpc) is 2.82. The largest absolute Gasteiger partial charge is 0.368 e. The summed E-state index contributed by atoms with van der Waals surface area (Å²) in [6.07, 6.45) is 2.63. The number of sulfonamides is 1. The summed E-state index contributed by atoms with van der Waals surface area (Å²) in [5, 5.41) is 5.08. The topological polar surface area (TPSA) is 75.5 Å². The quantitative estimate of drug-likeness (QED) is 0.854. The molecule has 19 heavy (non-hydrogen) atoms. The molecule has 0 amide bonds. The maximum absolute atomic E-state index is 12.4. The Hall–Kier alpha value is -1.12. The molecule has 0 aliphatic carbocycles. The van der Waals surface area contributed by atoms with Gasteiger partial charge in [-0.3, -0.25) is 4.40 Å². The van der Waals surface area contributed by atoms with Gasteiger partial charge in [0.25, 0.3) is 10.0 Å². The minimum Gasteiger partial charge on any atom is -0.368 e. The van der Waals surface area contributed by atoms with Crippen LogP contribution in [0.2, 0.25) is 0 Å². The SMILES string of the molecule is CCCNc1nc2sccn2c1S(=O)(=O)NC(C)C. The second-order valence-corrected chi connectivity index (χ2v) is 7.03. The Morgan fingerprint density at radius 2 is 2.21 bits per heavy atom. The van der Waals surface area contributed by atoms with E-state index >= 15 is 0 Å². The molecule has 0 bridgehead atoms. The molecule has 0 aliphatic heterocycles. The lowest BCUT2D eigenvalue weighted by atomic mass is 10.4. The lowest BCUT2D eigenvalue weighted by molar-refractivity contribution is 0.565. The highest BCUT2D eigenvalue weighted by Crippen LogP contribution is 2.25. The fourth-order valence-corrected chi connectivity index (χ4v) is 4.03. The fraction of sp³-hybridized carbons (Fsp3) is 0.545. The maximum atomic E-state index is 12.4. The van der Waals surface area contributed by atoms with E-state index in [0.717, 1.165) is 6.42 Å². The van der Waals surface area contributed by atoms with Crippen molar-refractivity contribution in [3.63, 3.8) is 0 Å². The van der Waals surface area contributed by atoms with E-state index in [4.69, 9.17) is 0 Å². The maximum Gasteiger partial charge on any atom is 0.260 e. The van der Waals surface area contributed by atoms with Gasteiger partial charge in [-0.15, -0.1) is 11.3 Å². The van der Waals surface area contributed by atoms with Gasteiger partial charge in [-0.05, 0) is 20.3 Å². The van der Waals surface area contributed by atoms with Crippen LogP contribution in [-0.4, -0.2) is 30.4 Å². The van der Waals surface area contributed by atoms with E-state index in [0.29, 0.717) is 17.3 Å². The molecule has 0 aromatic carbocycles. The summed E-state index contributed by atoms with van der Waals surface area (Å²) in [5.41, 5.74) is 0. The van der Waals surface area contributed by atoms with E-state index in [1.54, 1.807) is 24.4 Å². The summed E-state index contributed by atoms with van der Waals surface area (Å²) in [6, 6.07) is -0.159. The molecule has 2 aromatic heterocycles. The van der Waals surface area contributed by atoms with E-state index < -0.39 is 10.0 Å². The third-order valence-electron chi connectivity index (χ3n) is 2.41. The van der Waals surface area contributed by atoms with Crippen LogP contribution in [0.5, 0.6) is 0 Å². The number of hydrogen-bond acceptors (Lipinski definition) is 5. The zero-order valence-corrected chi connectivity index (χ0v) is 12.8. The molecule has 0 saturated carbocycles. The van der Waals surface area contributed by atoms with Crippen LogP contribution in [0, 0.1) is 0 Å². The van der Waals surface area contributed by atoms with Crippen molar-refractivity contribution < 1.29 is 8.42 Å². The Morgan fingerprint density at radius 1 is 1.47 bits per heavy atom. The molecule has 0 fully saturated rings. The number of hydrogen-bond donors (Lipinski definition) is 2. The van der Waals surface area contributed by atoms with Crippen molar-refractivity contribution in [3.8, 4) is 0 Å². The van der Waals surface area contributed by atoms with Gasteiger partial charge in [0.1, 0.15) is 0 Å². The minimum absolute atomic E-state index is 0.159. The summed E-state index contributed by atoms with van der Waals surface area (Å²) in [6.45, 7) is 6.30. The van der Waals surface area contributed by atoms with Crippen molar-refractivity contribution in [1.29, 1.82) is 0 Å². The van der Waals surface area contributed by atoms with Crippen molar-refractivity contribution in [1.82, 2.24) is 14.1 Å². The second-order valence-electron chi connectivity index (χ2n) is 4.52. The molecule has 2 aromatic rings. The Balaban J connectivity index is 2.51. The van der Waals surface area contributed by atoms with E-state index in [1.807, 2.05) is 12.3 Å². The first kappa shape index (κ1) is 14.3. The molecule has 6 nitrogen and oxygen atoms in total. The van der Waals surface area contributed by atoms with Gasteiger partial charge >= 0.3 is 0 Å². The molecule has 0 spiro atoms. The van der Waals surface area contributed by atoms with E-state index in [-0.39, 0.29) is 11.1 Å². The first-order valence-corrected chi connectivity index (χ1v) is 8.53. The van der Waals surface area contributed by atoms with Gasteiger partial charge in [0.05, 0.1) is 0 Å². The van der Waals surface area contributed by atoms with Gasteiger partial charge < -0.3 is 5.32 Å². The Bertz CT molecular complexity index is 657. The van der Waals surface area contributed by atoms with Crippen LogP contribution in [0.25, 0.3) is 4.96 Å². The smallest absolute Gasteiger partial charge is 0.260 e. The van der Waals surface area contributed by atoms with Crippen LogP contribution in [-0.2, 0) is 10.0 Å². The standard InChI is InChI=1S/C11H18N4O2S2/c1-4-5-12-9-10(19(16,17)14-8(2)3)15-6-7-18-11(15)13-9/h6-8,12,14H,4-5H2,1-3H3. The summed E-state index contributed by atoms with van der Waals surface area (Å²) in [7, 11) is -3.58. The predicted octanol–water partition coefficient (Wildman–Crippen LogP) is 1.90. The number of rotatable bonds is 6. The second kappa shape index (κ2) is 5.48. The van der Waals surface area contributed by atoms with Crippen LogP contribution < -0.4 is 10.0 Å². The molecular weight excluding hydrogens is 284 g/mol. The molecule has 2 N–H and O–H groups in total. The van der Waals surface area contributed by atoms with E-state index in [2.05, 4.69) is 15.0 Å². The predicted molar refractivity (Wildman–Crippen MR) is 77.3 cm³/mol. The van der Waals surface area contributed by atoms with Crippen LogP contribution in [0.1, 0.15) is 27.2 Å². The zero-order valence-electron chi connectivity index (χ0n) is 11.2. The lowest BCUT2D eigenvalue weighted by Crippen LogP contribution is -2.31. The van der Waals surface area contributed by atoms with Crippen molar-refractivity contribution in [2.75, 3.05) is 11.9 Å². The Labute approximate surface area is 116 Å². The summed E-state index contributed by atoms with van der Waals surface area (Å²) >= 11 is 1.41. The van der Waals surface area contributed by atoms with Crippen LogP contribution in [0.3, 0.4) is 0 Å². The molecular formula is C11H18N4O2S2. The first-order valence-electron chi connectivity index (χ1n) is 6.17. The average molecular weight is 302 g/mol. The van der Waals surface area contributed by atoms with Gasteiger partial charge in [0.2, 0.25) is 0 Å². The monoisotopic (exact) mass is 302 g/mol. The Kier molecular flexibility index (Phi) is 4.12. The van der Waals surface area contributed by atoms with Gasteiger partial charge in [0, 0.05) is 24.2 Å². The molecule has 0 aliphatic rings.